The van der Waals surface area contributed by atoms with Crippen molar-refractivity contribution in [3.8, 4) is 11.8 Å². The van der Waals surface area contributed by atoms with Gasteiger partial charge in [0.25, 0.3) is 0 Å². The Morgan fingerprint density at radius 3 is 2.93 bits per heavy atom. The molecular formula is C21H24AsClN6O. The number of ether oxygens (including phenoxy) is 1. The molecule has 3 heterocycles. The first-order valence-electron chi connectivity index (χ1n) is 10.1. The van der Waals surface area contributed by atoms with Gasteiger partial charge < -0.3 is 0 Å². The van der Waals surface area contributed by atoms with Crippen molar-refractivity contribution in [2.75, 3.05) is 12.3 Å². The zero-order chi connectivity index (χ0) is 21.3. The monoisotopic (exact) mass is 486 g/mol. The van der Waals surface area contributed by atoms with Gasteiger partial charge in [0.15, 0.2) is 0 Å². The molecule has 1 aliphatic heterocycles. The van der Waals surface area contributed by atoms with Gasteiger partial charge in [0.2, 0.25) is 0 Å². The van der Waals surface area contributed by atoms with Crippen LogP contribution in [-0.4, -0.2) is 41.9 Å². The van der Waals surface area contributed by atoms with E-state index in [-0.39, 0.29) is 26.9 Å². The molecule has 7 nitrogen and oxygen atoms in total. The number of imidazole rings is 1. The number of aromatic nitrogens is 4. The van der Waals surface area contributed by atoms with Crippen molar-refractivity contribution in [2.45, 2.75) is 49.6 Å². The van der Waals surface area contributed by atoms with E-state index in [1.165, 1.54) is 5.21 Å². The molecule has 0 amide bonds. The van der Waals surface area contributed by atoms with Crippen LogP contribution in [0, 0.1) is 11.3 Å². The maximum absolute atomic E-state index is 9.67. The van der Waals surface area contributed by atoms with E-state index in [0.717, 1.165) is 46.8 Å². The molecule has 156 valence electrons. The number of nitrogens with zero attached hydrogens (tertiary/aromatic N) is 5. The SMILES string of the molecule is CC(C)[AsH]CCCn1c(Cc2cc3c(cc2C#N)CCO3)nc2c(N)nc(Cl)nc21. The molecule has 9 heteroatoms. The predicted octanol–water partition coefficient (Wildman–Crippen LogP) is 3.53. The zero-order valence-electron chi connectivity index (χ0n) is 17.1. The number of hydrogen-bond acceptors (Lipinski definition) is 6. The fourth-order valence-electron chi connectivity index (χ4n) is 3.73. The maximum atomic E-state index is 9.67. The summed E-state index contributed by atoms with van der Waals surface area (Å²) in [5, 5.41) is 11.0. The van der Waals surface area contributed by atoms with Crippen LogP contribution in [0.2, 0.25) is 15.2 Å². The van der Waals surface area contributed by atoms with Gasteiger partial charge in [0, 0.05) is 0 Å². The average molecular weight is 487 g/mol. The van der Waals surface area contributed by atoms with Crippen molar-refractivity contribution >= 4 is 44.3 Å². The summed E-state index contributed by atoms with van der Waals surface area (Å²) in [7, 11) is 0. The minimum atomic E-state index is 0.0421. The Hall–Kier alpha value is -2.29. The molecule has 1 aliphatic rings. The summed E-state index contributed by atoms with van der Waals surface area (Å²) in [5.74, 6) is 1.95. The topological polar surface area (TPSA) is 103 Å². The number of hydrogen-bond donors (Lipinski definition) is 1. The van der Waals surface area contributed by atoms with Crippen LogP contribution in [0.15, 0.2) is 12.1 Å². The van der Waals surface area contributed by atoms with Crippen molar-refractivity contribution < 1.29 is 4.74 Å². The number of anilines is 1. The van der Waals surface area contributed by atoms with E-state index in [1.807, 2.05) is 12.1 Å². The third-order valence-corrected chi connectivity index (χ3v) is 8.40. The summed E-state index contributed by atoms with van der Waals surface area (Å²) < 4.78 is 8.59. The first-order valence-corrected chi connectivity index (χ1v) is 13.1. The number of fused-ring (bicyclic) bond motifs is 2. The van der Waals surface area contributed by atoms with Crippen LogP contribution in [0.1, 0.15) is 42.8 Å². The summed E-state index contributed by atoms with van der Waals surface area (Å²) in [6.07, 6.45) is 2.39. The van der Waals surface area contributed by atoms with Crippen LogP contribution in [0.3, 0.4) is 0 Å². The molecule has 0 spiro atoms. The Balaban J connectivity index is 1.72. The average Bonchev–Trinajstić information content (AvgIpc) is 3.29. The molecule has 0 saturated heterocycles. The molecule has 30 heavy (non-hydrogen) atoms. The van der Waals surface area contributed by atoms with Crippen LogP contribution >= 0.6 is 11.6 Å². The Bertz CT molecular complexity index is 1140. The van der Waals surface area contributed by atoms with Crippen LogP contribution in [0.4, 0.5) is 5.82 Å². The third-order valence-electron chi connectivity index (χ3n) is 5.17. The number of halogens is 1. The first kappa shape index (κ1) is 21.0. The van der Waals surface area contributed by atoms with E-state index >= 15 is 0 Å². The predicted molar refractivity (Wildman–Crippen MR) is 120 cm³/mol. The Labute approximate surface area is 187 Å². The molecular weight excluding hydrogens is 463 g/mol. The third kappa shape index (κ3) is 4.26. The Kier molecular flexibility index (Phi) is 6.17. The van der Waals surface area contributed by atoms with Gasteiger partial charge in [-0.1, -0.05) is 0 Å². The number of nitriles is 1. The van der Waals surface area contributed by atoms with E-state index < -0.39 is 0 Å². The molecule has 0 aliphatic carbocycles. The number of nitrogens with two attached hydrogens (primary N) is 1. The van der Waals surface area contributed by atoms with E-state index in [0.29, 0.717) is 29.8 Å². The van der Waals surface area contributed by atoms with Gasteiger partial charge in [-0.05, 0) is 0 Å². The van der Waals surface area contributed by atoms with E-state index in [2.05, 4.69) is 34.5 Å². The molecule has 1 aromatic carbocycles. The van der Waals surface area contributed by atoms with Gasteiger partial charge in [-0.2, -0.15) is 0 Å². The molecule has 1 unspecified atom stereocenters. The summed E-state index contributed by atoms with van der Waals surface area (Å²) >= 11 is 6.13. The van der Waals surface area contributed by atoms with Crippen molar-refractivity contribution in [3.05, 3.63) is 39.9 Å². The van der Waals surface area contributed by atoms with Gasteiger partial charge in [-0.3, -0.25) is 0 Å². The standard InChI is InChI=1S/C21H24AsClN6O/c1-12(2)22-5-3-6-29-17(26-18-19(25)27-21(23)28-20(18)29)10-14-9-16-13(4-7-30-16)8-15(14)11-24/h8-9,12,22H,3-7,10H2,1-2H3,(H2,25,27,28). The Morgan fingerprint density at radius 2 is 2.17 bits per heavy atom. The van der Waals surface area contributed by atoms with Crippen molar-refractivity contribution in [1.82, 2.24) is 19.5 Å². The molecule has 4 rings (SSSR count). The van der Waals surface area contributed by atoms with Crippen LogP contribution in [0.5, 0.6) is 5.75 Å². The Morgan fingerprint density at radius 1 is 1.33 bits per heavy atom. The summed E-state index contributed by atoms with van der Waals surface area (Å²) in [6, 6.07) is 6.23. The van der Waals surface area contributed by atoms with Gasteiger partial charge in [-0.25, -0.2) is 0 Å². The zero-order valence-corrected chi connectivity index (χ0v) is 19.9. The first-order chi connectivity index (χ1) is 14.5. The number of rotatable bonds is 7. The minimum absolute atomic E-state index is 0.0421. The number of benzene rings is 1. The fraction of sp³-hybridized carbons (Fsp3) is 0.429. The van der Waals surface area contributed by atoms with Gasteiger partial charge in [-0.15, -0.1) is 0 Å². The molecule has 2 aromatic heterocycles. The van der Waals surface area contributed by atoms with E-state index in [1.54, 1.807) is 0 Å². The van der Waals surface area contributed by atoms with Crippen LogP contribution < -0.4 is 10.5 Å². The van der Waals surface area contributed by atoms with Crippen LogP contribution in [0.25, 0.3) is 11.2 Å². The summed E-state index contributed by atoms with van der Waals surface area (Å²) in [4.78, 5) is 13.2. The van der Waals surface area contributed by atoms with Crippen LogP contribution in [-0.2, 0) is 19.4 Å². The summed E-state index contributed by atoms with van der Waals surface area (Å²) in [5.41, 5.74) is 9.93. The van der Waals surface area contributed by atoms with Crippen molar-refractivity contribution in [2.24, 2.45) is 0 Å². The van der Waals surface area contributed by atoms with Gasteiger partial charge in [0.1, 0.15) is 0 Å². The van der Waals surface area contributed by atoms with Crippen molar-refractivity contribution in [1.29, 1.82) is 5.26 Å². The fourth-order valence-corrected chi connectivity index (χ4v) is 5.87. The molecule has 3 aromatic rings. The normalized spacial score (nSPS) is 13.3. The van der Waals surface area contributed by atoms with E-state index in [9.17, 15) is 5.26 Å². The number of aryl methyl sites for hydroxylation is 1. The molecule has 0 saturated carbocycles. The molecule has 0 radical (unpaired) electrons. The second-order valence-electron chi connectivity index (χ2n) is 7.70. The number of nitrogen functional groups attached to an aromatic ring is 1. The molecule has 0 fully saturated rings. The second-order valence-corrected chi connectivity index (χ2v) is 12.4. The van der Waals surface area contributed by atoms with Gasteiger partial charge in [0.05, 0.1) is 0 Å². The van der Waals surface area contributed by atoms with E-state index in [4.69, 9.17) is 27.1 Å². The quantitative estimate of drug-likeness (QED) is 0.311. The second kappa shape index (κ2) is 8.83. The van der Waals surface area contributed by atoms with Gasteiger partial charge >= 0.3 is 188 Å². The molecule has 0 bridgehead atoms. The summed E-state index contributed by atoms with van der Waals surface area (Å²) in [6.45, 7) is 6.01. The molecule has 2 N–H and O–H groups in total. The van der Waals surface area contributed by atoms with Crippen molar-refractivity contribution in [3.63, 3.8) is 0 Å². The molecule has 1 atom stereocenters.